The van der Waals surface area contributed by atoms with Crippen LogP contribution in [-0.2, 0) is 0 Å². The van der Waals surface area contributed by atoms with Crippen molar-refractivity contribution in [3.05, 3.63) is 39.9 Å². The van der Waals surface area contributed by atoms with Crippen LogP contribution in [0.2, 0.25) is 0 Å². The van der Waals surface area contributed by atoms with E-state index in [1.165, 1.54) is 23.7 Å². The molecule has 0 aromatic carbocycles. The number of hydrogen-bond donors (Lipinski definition) is 0. The topological polar surface area (TPSA) is 79.3 Å². The summed E-state index contributed by atoms with van der Waals surface area (Å²) in [5, 5.41) is 0.908. The maximum absolute atomic E-state index is 13.1. The first kappa shape index (κ1) is 17.1. The molecule has 3 aliphatic rings. The van der Waals surface area contributed by atoms with Crippen LogP contribution in [0.25, 0.3) is 0 Å². The Morgan fingerprint density at radius 1 is 1.12 bits per heavy atom. The van der Waals surface area contributed by atoms with Gasteiger partial charge in [0.2, 0.25) is 0 Å². The lowest BCUT2D eigenvalue weighted by molar-refractivity contribution is 0.0577. The van der Waals surface area contributed by atoms with Gasteiger partial charge in [-0.2, -0.15) is 0 Å². The first-order valence-electron chi connectivity index (χ1n) is 8.83. The number of hydrogen-bond acceptors (Lipinski definition) is 6. The maximum Gasteiger partial charge on any atom is 0.274 e. The van der Waals surface area contributed by atoms with E-state index in [1.807, 2.05) is 23.6 Å². The fourth-order valence-corrected chi connectivity index (χ4v) is 4.80. The number of nitrogens with zero attached hydrogens (tertiary/aromatic N) is 5. The van der Waals surface area contributed by atoms with Crippen molar-refractivity contribution in [1.82, 2.24) is 24.8 Å². The monoisotopic (exact) mass is 371 g/mol. The van der Waals surface area contributed by atoms with E-state index in [0.717, 1.165) is 28.4 Å². The van der Waals surface area contributed by atoms with Crippen molar-refractivity contribution >= 4 is 23.2 Å². The number of rotatable bonds is 2. The van der Waals surface area contributed by atoms with Gasteiger partial charge in [0.1, 0.15) is 10.6 Å². The minimum Gasteiger partial charge on any atom is -0.335 e. The highest BCUT2D eigenvalue weighted by atomic mass is 32.1. The molecule has 0 radical (unpaired) electrons. The summed E-state index contributed by atoms with van der Waals surface area (Å²) >= 11 is 1.45. The lowest BCUT2D eigenvalue weighted by Crippen LogP contribution is -2.47. The predicted molar refractivity (Wildman–Crippen MR) is 97.1 cm³/mol. The molecule has 3 fully saturated rings. The third kappa shape index (κ3) is 3.09. The van der Waals surface area contributed by atoms with Gasteiger partial charge in [0.05, 0.1) is 16.9 Å². The van der Waals surface area contributed by atoms with Gasteiger partial charge in [-0.25, -0.2) is 9.97 Å². The van der Waals surface area contributed by atoms with Crippen LogP contribution in [0.1, 0.15) is 43.7 Å². The number of piperidine rings is 1. The normalized spacial score (nSPS) is 22.4. The molecule has 7 nitrogen and oxygen atoms in total. The predicted octanol–water partition coefficient (Wildman–Crippen LogP) is 1.93. The van der Waals surface area contributed by atoms with Gasteiger partial charge in [-0.1, -0.05) is 0 Å². The second-order valence-corrected chi connectivity index (χ2v) is 8.21. The van der Waals surface area contributed by atoms with Crippen LogP contribution in [0.3, 0.4) is 0 Å². The quantitative estimate of drug-likeness (QED) is 0.806. The molecular formula is C18H21N5O2S. The van der Waals surface area contributed by atoms with Crippen molar-refractivity contribution in [3.63, 3.8) is 0 Å². The van der Waals surface area contributed by atoms with E-state index in [4.69, 9.17) is 0 Å². The van der Waals surface area contributed by atoms with E-state index in [-0.39, 0.29) is 17.9 Å². The zero-order valence-electron chi connectivity index (χ0n) is 14.9. The first-order valence-corrected chi connectivity index (χ1v) is 9.65. The SMILES string of the molecule is Cc1nc(C)c(C(=O)N2CC3CCC2CN(C(=O)c2cnccn2)C3)s1. The lowest BCUT2D eigenvalue weighted by atomic mass is 9.95. The van der Waals surface area contributed by atoms with Gasteiger partial charge in [-0.15, -0.1) is 11.3 Å². The molecule has 2 aromatic rings. The fraction of sp³-hybridized carbons (Fsp3) is 0.500. The van der Waals surface area contributed by atoms with Crippen molar-refractivity contribution in [1.29, 1.82) is 0 Å². The largest absolute Gasteiger partial charge is 0.335 e. The molecule has 0 saturated carbocycles. The minimum absolute atomic E-state index is 0.0451. The fourth-order valence-electron chi connectivity index (χ4n) is 3.93. The summed E-state index contributed by atoms with van der Waals surface area (Å²) < 4.78 is 0. The molecule has 0 aliphatic carbocycles. The molecule has 2 aromatic heterocycles. The first-order chi connectivity index (χ1) is 12.5. The second-order valence-electron chi connectivity index (χ2n) is 7.00. The third-order valence-electron chi connectivity index (χ3n) is 5.14. The van der Waals surface area contributed by atoms with E-state index in [2.05, 4.69) is 15.0 Å². The Balaban J connectivity index is 1.56. The van der Waals surface area contributed by atoms with Crippen LogP contribution >= 0.6 is 11.3 Å². The average molecular weight is 371 g/mol. The van der Waals surface area contributed by atoms with Crippen molar-refractivity contribution in [2.45, 2.75) is 32.7 Å². The molecule has 5 heterocycles. The second kappa shape index (κ2) is 6.75. The Kier molecular flexibility index (Phi) is 4.44. The van der Waals surface area contributed by atoms with Crippen molar-refractivity contribution < 1.29 is 9.59 Å². The smallest absolute Gasteiger partial charge is 0.274 e. The van der Waals surface area contributed by atoms with E-state index >= 15 is 0 Å². The van der Waals surface area contributed by atoms with E-state index in [1.54, 1.807) is 6.20 Å². The molecule has 2 amide bonds. The van der Waals surface area contributed by atoms with Crippen molar-refractivity contribution in [3.8, 4) is 0 Å². The molecule has 0 spiro atoms. The molecular weight excluding hydrogens is 350 g/mol. The Morgan fingerprint density at radius 2 is 1.96 bits per heavy atom. The number of aryl methyl sites for hydroxylation is 2. The van der Waals surface area contributed by atoms with Crippen molar-refractivity contribution in [2.24, 2.45) is 5.92 Å². The molecule has 136 valence electrons. The maximum atomic E-state index is 13.1. The highest BCUT2D eigenvalue weighted by Crippen LogP contribution is 2.31. The zero-order chi connectivity index (χ0) is 18.3. The average Bonchev–Trinajstić information content (AvgIpc) is 2.82. The number of carbonyl (C=O) groups excluding carboxylic acids is 2. The Morgan fingerprint density at radius 3 is 2.65 bits per heavy atom. The van der Waals surface area contributed by atoms with Crippen LogP contribution in [0, 0.1) is 19.8 Å². The molecule has 0 N–H and O–H groups in total. The molecule has 3 saturated heterocycles. The van der Waals surface area contributed by atoms with Gasteiger partial charge in [0, 0.05) is 38.1 Å². The van der Waals surface area contributed by atoms with Gasteiger partial charge < -0.3 is 9.80 Å². The van der Waals surface area contributed by atoms with E-state index in [0.29, 0.717) is 31.2 Å². The molecule has 2 atom stereocenters. The molecule has 2 bridgehead atoms. The van der Waals surface area contributed by atoms with Crippen LogP contribution in [0.15, 0.2) is 18.6 Å². The lowest BCUT2D eigenvalue weighted by Gasteiger charge is -2.35. The number of fused-ring (bicyclic) bond motifs is 4. The zero-order valence-corrected chi connectivity index (χ0v) is 15.7. The Labute approximate surface area is 156 Å². The van der Waals surface area contributed by atoms with Crippen LogP contribution in [0.4, 0.5) is 0 Å². The Hall–Kier alpha value is -2.35. The highest BCUT2D eigenvalue weighted by Gasteiger charge is 2.40. The highest BCUT2D eigenvalue weighted by molar-refractivity contribution is 7.13. The van der Waals surface area contributed by atoms with E-state index < -0.39 is 0 Å². The summed E-state index contributed by atoms with van der Waals surface area (Å²) in [6.45, 7) is 5.72. The molecule has 3 aliphatic heterocycles. The molecule has 5 rings (SSSR count). The summed E-state index contributed by atoms with van der Waals surface area (Å²) in [6, 6.07) is 0.0451. The third-order valence-corrected chi connectivity index (χ3v) is 6.20. The standard InChI is InChI=1S/C18H21N5O2S/c1-11-16(26-12(2)21-11)18(25)23-9-13-3-4-14(23)10-22(8-13)17(24)15-7-19-5-6-20-15/h5-7,13-14H,3-4,8-10H2,1-2H3. The summed E-state index contributed by atoms with van der Waals surface area (Å²) in [5.41, 5.74) is 1.16. The summed E-state index contributed by atoms with van der Waals surface area (Å²) in [4.78, 5) is 42.9. The van der Waals surface area contributed by atoms with Crippen LogP contribution in [-0.4, -0.2) is 62.2 Å². The van der Waals surface area contributed by atoms with Crippen molar-refractivity contribution in [2.75, 3.05) is 19.6 Å². The van der Waals surface area contributed by atoms with Crippen LogP contribution in [0.5, 0.6) is 0 Å². The molecule has 2 unspecified atom stereocenters. The number of thiazole rings is 1. The summed E-state index contributed by atoms with van der Waals surface area (Å²) in [7, 11) is 0. The van der Waals surface area contributed by atoms with E-state index in [9.17, 15) is 9.59 Å². The molecule has 8 heteroatoms. The molecule has 26 heavy (non-hydrogen) atoms. The van der Waals surface area contributed by atoms with Gasteiger partial charge in [-0.05, 0) is 32.6 Å². The number of aromatic nitrogens is 3. The van der Waals surface area contributed by atoms with Crippen LogP contribution < -0.4 is 0 Å². The number of carbonyl (C=O) groups is 2. The van der Waals surface area contributed by atoms with Gasteiger partial charge >= 0.3 is 0 Å². The van der Waals surface area contributed by atoms with Gasteiger partial charge in [0.15, 0.2) is 0 Å². The summed E-state index contributed by atoms with van der Waals surface area (Å²) in [5.74, 6) is 0.248. The summed E-state index contributed by atoms with van der Waals surface area (Å²) in [6.07, 6.45) is 6.56. The minimum atomic E-state index is -0.103. The van der Waals surface area contributed by atoms with Gasteiger partial charge in [0.25, 0.3) is 11.8 Å². The number of amides is 2. The van der Waals surface area contributed by atoms with Gasteiger partial charge in [-0.3, -0.25) is 14.6 Å². The Bertz CT molecular complexity index is 837.